The molecule has 1 aliphatic heterocycles. The molecule has 2 amide bonds. The van der Waals surface area contributed by atoms with Crippen LogP contribution in [-0.4, -0.2) is 54.0 Å². The van der Waals surface area contributed by atoms with Crippen molar-refractivity contribution in [3.8, 4) is 16.3 Å². The number of likely N-dealkylation sites (tertiary alicyclic amines) is 1. The molecule has 3 rings (SSSR count). The minimum atomic E-state index is -4.75. The van der Waals surface area contributed by atoms with E-state index in [1.165, 1.54) is 35.6 Å². The van der Waals surface area contributed by atoms with Crippen LogP contribution in [0.4, 0.5) is 18.0 Å². The molecule has 0 atom stereocenters. The fourth-order valence-corrected chi connectivity index (χ4v) is 4.18. The Balaban J connectivity index is 1.60. The summed E-state index contributed by atoms with van der Waals surface area (Å²) in [5.74, 6) is -0.579. The topological polar surface area (TPSA) is 80.8 Å². The number of halogens is 3. The van der Waals surface area contributed by atoms with Gasteiger partial charge < -0.3 is 19.7 Å². The van der Waals surface area contributed by atoms with Crippen molar-refractivity contribution in [3.05, 3.63) is 34.8 Å². The van der Waals surface area contributed by atoms with Crippen molar-refractivity contribution in [1.82, 2.24) is 15.2 Å². The largest absolute Gasteiger partial charge is 0.573 e. The van der Waals surface area contributed by atoms with E-state index in [0.29, 0.717) is 53.7 Å². The van der Waals surface area contributed by atoms with Gasteiger partial charge >= 0.3 is 12.5 Å². The van der Waals surface area contributed by atoms with Gasteiger partial charge in [0.2, 0.25) is 0 Å². The number of carbonyl (C=O) groups is 2. The first kappa shape index (κ1) is 22.9. The molecule has 7 nitrogen and oxygen atoms in total. The van der Waals surface area contributed by atoms with Crippen molar-refractivity contribution in [1.29, 1.82) is 0 Å². The molecule has 0 saturated carbocycles. The SMILES string of the molecule is CCOC(=O)N1CCC(NC(=O)c2sc(-c3ccc(OC(F)(F)F)cc3)nc2C)CC1. The van der Waals surface area contributed by atoms with E-state index < -0.39 is 6.36 Å². The Labute approximate surface area is 181 Å². The number of ether oxygens (including phenoxy) is 2. The molecule has 31 heavy (non-hydrogen) atoms. The van der Waals surface area contributed by atoms with Crippen LogP contribution in [0.1, 0.15) is 35.1 Å². The number of amides is 2. The predicted molar refractivity (Wildman–Crippen MR) is 108 cm³/mol. The lowest BCUT2D eigenvalue weighted by Gasteiger charge is -2.31. The summed E-state index contributed by atoms with van der Waals surface area (Å²) in [5, 5.41) is 3.50. The summed E-state index contributed by atoms with van der Waals surface area (Å²) in [5.41, 5.74) is 1.13. The summed E-state index contributed by atoms with van der Waals surface area (Å²) in [6.07, 6.45) is -3.86. The lowest BCUT2D eigenvalue weighted by molar-refractivity contribution is -0.274. The molecule has 0 radical (unpaired) electrons. The Morgan fingerprint density at radius 1 is 1.23 bits per heavy atom. The van der Waals surface area contributed by atoms with E-state index in [2.05, 4.69) is 15.0 Å². The predicted octanol–water partition coefficient (Wildman–Crippen LogP) is 4.37. The van der Waals surface area contributed by atoms with Crippen LogP contribution in [0.2, 0.25) is 0 Å². The third-order valence-corrected chi connectivity index (χ3v) is 5.90. The van der Waals surface area contributed by atoms with Gasteiger partial charge in [-0.2, -0.15) is 0 Å². The van der Waals surface area contributed by atoms with Crippen LogP contribution in [0.3, 0.4) is 0 Å². The normalized spacial score (nSPS) is 14.9. The van der Waals surface area contributed by atoms with Gasteiger partial charge in [-0.1, -0.05) is 0 Å². The molecule has 0 aliphatic carbocycles. The zero-order valence-electron chi connectivity index (χ0n) is 17.0. The second kappa shape index (κ2) is 9.54. The highest BCUT2D eigenvalue weighted by Crippen LogP contribution is 2.31. The third kappa shape index (κ3) is 6.09. The molecular weight excluding hydrogens is 435 g/mol. The molecule has 2 heterocycles. The summed E-state index contributed by atoms with van der Waals surface area (Å²) in [6, 6.07) is 5.27. The number of piperidine rings is 1. The first-order valence-electron chi connectivity index (χ1n) is 9.72. The molecule has 1 fully saturated rings. The van der Waals surface area contributed by atoms with Gasteiger partial charge in [0.1, 0.15) is 15.6 Å². The lowest BCUT2D eigenvalue weighted by atomic mass is 10.1. The molecule has 1 aromatic carbocycles. The first-order valence-corrected chi connectivity index (χ1v) is 10.5. The molecule has 168 valence electrons. The zero-order valence-corrected chi connectivity index (χ0v) is 17.8. The summed E-state index contributed by atoms with van der Waals surface area (Å²) in [4.78, 5) is 30.9. The Morgan fingerprint density at radius 2 is 1.87 bits per heavy atom. The van der Waals surface area contributed by atoms with E-state index in [4.69, 9.17) is 4.74 Å². The van der Waals surface area contributed by atoms with E-state index in [0.717, 1.165) is 0 Å². The standard InChI is InChI=1S/C20H22F3N3O4S/c1-3-29-19(28)26-10-8-14(9-11-26)25-17(27)16-12(2)24-18(31-16)13-4-6-15(7-5-13)30-20(21,22)23/h4-7,14H,3,8-11H2,1-2H3,(H,25,27). The number of rotatable bonds is 5. The van der Waals surface area contributed by atoms with Crippen LogP contribution in [0, 0.1) is 6.92 Å². The van der Waals surface area contributed by atoms with Crippen LogP contribution in [0.15, 0.2) is 24.3 Å². The van der Waals surface area contributed by atoms with Crippen LogP contribution in [-0.2, 0) is 4.74 Å². The van der Waals surface area contributed by atoms with Crippen molar-refractivity contribution in [3.63, 3.8) is 0 Å². The highest BCUT2D eigenvalue weighted by molar-refractivity contribution is 7.17. The molecular formula is C20H22F3N3O4S. The average Bonchev–Trinajstić information content (AvgIpc) is 3.10. The average molecular weight is 457 g/mol. The first-order chi connectivity index (χ1) is 14.7. The number of carbonyl (C=O) groups excluding carboxylic acids is 2. The van der Waals surface area contributed by atoms with Gasteiger partial charge in [0.15, 0.2) is 0 Å². The number of nitrogens with one attached hydrogen (secondary N) is 1. The molecule has 0 spiro atoms. The Kier molecular flexibility index (Phi) is 7.04. The number of benzene rings is 1. The Hall–Kier alpha value is -2.82. The highest BCUT2D eigenvalue weighted by Gasteiger charge is 2.31. The lowest BCUT2D eigenvalue weighted by Crippen LogP contribution is -2.46. The van der Waals surface area contributed by atoms with Gasteiger partial charge in [-0.3, -0.25) is 4.79 Å². The maximum absolute atomic E-state index is 12.7. The number of hydrogen-bond acceptors (Lipinski definition) is 6. The van der Waals surface area contributed by atoms with Crippen molar-refractivity contribution in [2.45, 2.75) is 39.1 Å². The van der Waals surface area contributed by atoms with Crippen molar-refractivity contribution < 1.29 is 32.2 Å². The van der Waals surface area contributed by atoms with Crippen molar-refractivity contribution in [2.24, 2.45) is 0 Å². The van der Waals surface area contributed by atoms with Gasteiger partial charge in [0.05, 0.1) is 12.3 Å². The summed E-state index contributed by atoms with van der Waals surface area (Å²) >= 11 is 1.17. The van der Waals surface area contributed by atoms with Gasteiger partial charge in [-0.25, -0.2) is 9.78 Å². The number of aryl methyl sites for hydroxylation is 1. The van der Waals surface area contributed by atoms with E-state index in [1.807, 2.05) is 0 Å². The van der Waals surface area contributed by atoms with E-state index >= 15 is 0 Å². The molecule has 2 aromatic rings. The van der Waals surface area contributed by atoms with Gasteiger partial charge in [-0.05, 0) is 51.0 Å². The van der Waals surface area contributed by atoms with Crippen molar-refractivity contribution in [2.75, 3.05) is 19.7 Å². The number of hydrogen-bond donors (Lipinski definition) is 1. The summed E-state index contributed by atoms with van der Waals surface area (Å²) in [6.45, 7) is 4.78. The molecule has 0 bridgehead atoms. The number of thiazole rings is 1. The smallest absolute Gasteiger partial charge is 0.450 e. The number of nitrogens with zero attached hydrogens (tertiary/aromatic N) is 2. The molecule has 1 aliphatic rings. The highest BCUT2D eigenvalue weighted by atomic mass is 32.1. The Bertz CT molecular complexity index is 923. The van der Waals surface area contributed by atoms with Crippen LogP contribution in [0.5, 0.6) is 5.75 Å². The maximum atomic E-state index is 12.7. The summed E-state index contributed by atoms with van der Waals surface area (Å²) < 4.78 is 45.7. The fraction of sp³-hybridized carbons (Fsp3) is 0.450. The minimum absolute atomic E-state index is 0.0677. The van der Waals surface area contributed by atoms with Gasteiger partial charge in [0.25, 0.3) is 5.91 Å². The van der Waals surface area contributed by atoms with E-state index in [1.54, 1.807) is 18.7 Å². The van der Waals surface area contributed by atoms with Gasteiger partial charge in [-0.15, -0.1) is 24.5 Å². The van der Waals surface area contributed by atoms with Crippen LogP contribution >= 0.6 is 11.3 Å². The Morgan fingerprint density at radius 3 is 2.45 bits per heavy atom. The molecule has 0 unspecified atom stereocenters. The van der Waals surface area contributed by atoms with Crippen molar-refractivity contribution >= 4 is 23.3 Å². The third-order valence-electron chi connectivity index (χ3n) is 4.69. The number of aromatic nitrogens is 1. The van der Waals surface area contributed by atoms with Crippen LogP contribution in [0.25, 0.3) is 10.6 Å². The fourth-order valence-electron chi connectivity index (χ4n) is 3.20. The molecule has 11 heteroatoms. The number of alkyl halides is 3. The maximum Gasteiger partial charge on any atom is 0.573 e. The van der Waals surface area contributed by atoms with Crippen LogP contribution < -0.4 is 10.1 Å². The molecule has 1 saturated heterocycles. The molecule has 1 N–H and O–H groups in total. The van der Waals surface area contributed by atoms with E-state index in [-0.39, 0.29) is 23.8 Å². The molecule has 1 aromatic heterocycles. The zero-order chi connectivity index (χ0) is 22.6. The summed E-state index contributed by atoms with van der Waals surface area (Å²) in [7, 11) is 0. The quantitative estimate of drug-likeness (QED) is 0.721. The monoisotopic (exact) mass is 457 g/mol. The second-order valence-electron chi connectivity index (χ2n) is 6.94. The minimum Gasteiger partial charge on any atom is -0.450 e. The second-order valence-corrected chi connectivity index (χ2v) is 7.94. The van der Waals surface area contributed by atoms with E-state index in [9.17, 15) is 22.8 Å². The van der Waals surface area contributed by atoms with Gasteiger partial charge in [0, 0.05) is 24.7 Å².